The molecule has 2 aliphatic heterocycles. The van der Waals surface area contributed by atoms with E-state index in [-0.39, 0.29) is 35.0 Å². The number of Topliss-reactive ketones (excluding diaryl/α,β-unsaturated/α-hetero) is 1. The van der Waals surface area contributed by atoms with Crippen LogP contribution in [0.1, 0.15) is 137 Å². The van der Waals surface area contributed by atoms with E-state index in [1.807, 2.05) is 0 Å². The summed E-state index contributed by atoms with van der Waals surface area (Å²) in [5.74, 6) is -2.26. The van der Waals surface area contributed by atoms with Gasteiger partial charge in [-0.3, -0.25) is 19.2 Å². The van der Waals surface area contributed by atoms with Gasteiger partial charge in [-0.25, -0.2) is 13.2 Å². The topological polar surface area (TPSA) is 171 Å². The maximum atomic E-state index is 14.4. The summed E-state index contributed by atoms with van der Waals surface area (Å²) >= 11 is 0. The summed E-state index contributed by atoms with van der Waals surface area (Å²) in [5, 5.41) is 11.6. The second-order valence-electron chi connectivity index (χ2n) is 17.5. The summed E-state index contributed by atoms with van der Waals surface area (Å²) in [7, 11) is -3.54. The highest BCUT2D eigenvalue weighted by Gasteiger charge is 2.69. The quantitative estimate of drug-likeness (QED) is 0.289. The fraction of sp³-hybridized carbons (Fsp3) is 0.865. The van der Waals surface area contributed by atoms with Crippen LogP contribution in [0.15, 0.2) is 0 Å². The first-order valence-corrected chi connectivity index (χ1v) is 20.9. The van der Waals surface area contributed by atoms with Gasteiger partial charge in [0.15, 0.2) is 9.84 Å². The van der Waals surface area contributed by atoms with E-state index >= 15 is 0 Å². The van der Waals surface area contributed by atoms with E-state index < -0.39 is 61.9 Å². The van der Waals surface area contributed by atoms with Crippen molar-refractivity contribution in [3.05, 3.63) is 0 Å². The van der Waals surface area contributed by atoms with Gasteiger partial charge in [-0.05, 0) is 76.5 Å². The van der Waals surface area contributed by atoms with Crippen LogP contribution in [0.25, 0.3) is 0 Å². The normalized spacial score (nSPS) is 30.7. The summed E-state index contributed by atoms with van der Waals surface area (Å²) in [6.45, 7) is 9.55. The van der Waals surface area contributed by atoms with E-state index in [2.05, 4.69) is 35.1 Å². The van der Waals surface area contributed by atoms with Crippen molar-refractivity contribution in [3.63, 3.8) is 0 Å². The number of hydrogen-bond donors (Lipinski definition) is 4. The van der Waals surface area contributed by atoms with Crippen molar-refractivity contribution in [2.24, 2.45) is 17.3 Å². The van der Waals surface area contributed by atoms with E-state index in [0.29, 0.717) is 38.6 Å². The van der Waals surface area contributed by atoms with Crippen LogP contribution in [-0.2, 0) is 29.0 Å². The minimum atomic E-state index is -3.54. The van der Waals surface area contributed by atoms with Gasteiger partial charge in [-0.1, -0.05) is 78.1 Å². The van der Waals surface area contributed by atoms with E-state index in [1.54, 1.807) is 25.7 Å². The molecule has 0 unspecified atom stereocenters. The lowest BCUT2D eigenvalue weighted by Gasteiger charge is -2.40. The molecule has 5 aliphatic rings. The largest absolute Gasteiger partial charge is 0.347 e. The zero-order chi connectivity index (χ0) is 36.5. The molecule has 5 atom stereocenters. The molecule has 0 radical (unpaired) electrons. The maximum Gasteiger partial charge on any atom is 0.315 e. The molecule has 0 aromatic heterocycles. The molecule has 50 heavy (non-hydrogen) atoms. The highest BCUT2D eigenvalue weighted by molar-refractivity contribution is 7.92. The molecule has 2 saturated heterocycles. The molecule has 0 aromatic carbocycles. The Morgan fingerprint density at radius 2 is 1.42 bits per heavy atom. The summed E-state index contributed by atoms with van der Waals surface area (Å²) < 4.78 is 25.7. The second-order valence-corrected chi connectivity index (χ2v) is 20.2. The number of piperidine rings is 1. The van der Waals surface area contributed by atoms with Gasteiger partial charge >= 0.3 is 6.03 Å². The van der Waals surface area contributed by atoms with Gasteiger partial charge < -0.3 is 26.2 Å². The molecule has 5 fully saturated rings. The summed E-state index contributed by atoms with van der Waals surface area (Å²) in [4.78, 5) is 70.1. The third kappa shape index (κ3) is 8.84. The van der Waals surface area contributed by atoms with Crippen LogP contribution < -0.4 is 21.3 Å². The molecule has 13 heteroatoms. The zero-order valence-electron chi connectivity index (χ0n) is 30.9. The van der Waals surface area contributed by atoms with Crippen LogP contribution in [-0.4, -0.2) is 89.6 Å². The van der Waals surface area contributed by atoms with Crippen LogP contribution in [0.2, 0.25) is 0 Å². The van der Waals surface area contributed by atoms with Crippen molar-refractivity contribution >= 4 is 39.4 Å². The van der Waals surface area contributed by atoms with Gasteiger partial charge in [0.2, 0.25) is 17.6 Å². The number of nitrogens with one attached hydrogen (secondary N) is 4. The SMILES string of the molecule is CC1(C)[C@@H]2[C@H]3C(=O)N[C@H](C(=O)C(=O)NC4CC4)CCCCCCCCC[C@H](NC(=O)NC4(CS(=O)(=O)C(C)(C)C)CCCCC4)C(=O)N3C[C@@H]21. The number of carbonyl (C=O) groups is 5. The maximum absolute atomic E-state index is 14.4. The van der Waals surface area contributed by atoms with Gasteiger partial charge in [0.1, 0.15) is 12.1 Å². The van der Waals surface area contributed by atoms with Crippen molar-refractivity contribution < 1.29 is 32.4 Å². The summed E-state index contributed by atoms with van der Waals surface area (Å²) in [5.41, 5.74) is -1.10. The number of ketones is 1. The predicted molar refractivity (Wildman–Crippen MR) is 191 cm³/mol. The Balaban J connectivity index is 1.36. The van der Waals surface area contributed by atoms with Crippen molar-refractivity contribution in [1.82, 2.24) is 26.2 Å². The van der Waals surface area contributed by atoms with Gasteiger partial charge in [-0.2, -0.15) is 0 Å². The standard InChI is InChI=1S/C37H61N5O7S/c1-35(2,3)50(48,49)23-37(20-14-11-15-21-37)41-34(47)40-27-17-13-10-8-6-7-9-12-16-26(30(43)32(45)38-24-18-19-24)39-31(44)29-28-25(36(28,4)5)22-42(29)33(27)46/h24-29H,6-23H2,1-5H3,(H,38,45)(H,39,44)(H2,40,41,47)/t25-,26-,27-,28-,29-/m0/s1. The van der Waals surface area contributed by atoms with Crippen LogP contribution in [0.5, 0.6) is 0 Å². The molecule has 3 saturated carbocycles. The van der Waals surface area contributed by atoms with Crippen LogP contribution in [0.4, 0.5) is 4.79 Å². The molecule has 5 rings (SSSR count). The fourth-order valence-corrected chi connectivity index (χ4v) is 10.1. The van der Waals surface area contributed by atoms with Gasteiger partial charge in [-0.15, -0.1) is 0 Å². The summed E-state index contributed by atoms with van der Waals surface area (Å²) in [6, 6.07) is -3.25. The number of rotatable bonds is 7. The third-order valence-electron chi connectivity index (χ3n) is 12.2. The molecule has 282 valence electrons. The van der Waals surface area contributed by atoms with E-state index in [1.165, 1.54) is 0 Å². The minimum absolute atomic E-state index is 0.0156. The number of nitrogens with zero attached hydrogens (tertiary/aromatic N) is 1. The van der Waals surface area contributed by atoms with E-state index in [4.69, 9.17) is 0 Å². The Kier molecular flexibility index (Phi) is 11.6. The molecule has 12 nitrogen and oxygen atoms in total. The second kappa shape index (κ2) is 15.1. The van der Waals surface area contributed by atoms with Crippen LogP contribution >= 0.6 is 0 Å². The number of amides is 5. The van der Waals surface area contributed by atoms with Crippen LogP contribution in [0.3, 0.4) is 0 Å². The average molecular weight is 720 g/mol. The first-order valence-electron chi connectivity index (χ1n) is 19.2. The predicted octanol–water partition coefficient (Wildman–Crippen LogP) is 3.91. The lowest BCUT2D eigenvalue weighted by molar-refractivity contribution is -0.144. The van der Waals surface area contributed by atoms with Crippen molar-refractivity contribution in [2.75, 3.05) is 12.3 Å². The molecule has 4 N–H and O–H groups in total. The lowest BCUT2D eigenvalue weighted by atomic mass is 9.83. The van der Waals surface area contributed by atoms with Crippen molar-refractivity contribution in [1.29, 1.82) is 0 Å². The van der Waals surface area contributed by atoms with E-state index in [9.17, 15) is 32.4 Å². The molecule has 5 amide bonds. The third-order valence-corrected chi connectivity index (χ3v) is 15.0. The number of urea groups is 1. The highest BCUT2D eigenvalue weighted by atomic mass is 32.2. The number of sulfone groups is 1. The number of fused-ring (bicyclic) bond motifs is 3. The Labute approximate surface area is 298 Å². The monoisotopic (exact) mass is 719 g/mol. The fourth-order valence-electron chi connectivity index (χ4n) is 8.57. The number of carbonyl (C=O) groups excluding carboxylic acids is 5. The lowest BCUT2D eigenvalue weighted by Crippen LogP contribution is -2.62. The van der Waals surface area contributed by atoms with E-state index in [0.717, 1.165) is 70.6 Å². The Bertz CT molecular complexity index is 1410. The van der Waals surface area contributed by atoms with Gasteiger partial charge in [0.25, 0.3) is 5.91 Å². The molecule has 3 aliphatic carbocycles. The van der Waals surface area contributed by atoms with Gasteiger partial charge in [0.05, 0.1) is 22.1 Å². The highest BCUT2D eigenvalue weighted by Crippen LogP contribution is 2.65. The van der Waals surface area contributed by atoms with Crippen LogP contribution in [0, 0.1) is 17.3 Å². The van der Waals surface area contributed by atoms with Gasteiger partial charge in [0, 0.05) is 12.6 Å². The zero-order valence-corrected chi connectivity index (χ0v) is 31.7. The average Bonchev–Trinajstić information content (AvgIpc) is 3.88. The molecular weight excluding hydrogens is 659 g/mol. The Hall–Kier alpha value is -2.70. The Morgan fingerprint density at radius 3 is 2.02 bits per heavy atom. The van der Waals surface area contributed by atoms with Crippen molar-refractivity contribution in [3.8, 4) is 0 Å². The molecule has 0 aromatic rings. The first kappa shape index (κ1) is 38.5. The molecular formula is C37H61N5O7S. The first-order chi connectivity index (χ1) is 23.5. The molecule has 0 spiro atoms. The van der Waals surface area contributed by atoms with Crippen molar-refractivity contribution in [2.45, 2.75) is 172 Å². The minimum Gasteiger partial charge on any atom is -0.347 e. The molecule has 0 bridgehead atoms. The molecule has 2 heterocycles. The summed E-state index contributed by atoms with van der Waals surface area (Å²) in [6.07, 6.45) is 12.2. The Morgan fingerprint density at radius 1 is 0.840 bits per heavy atom. The number of hydrogen-bond acceptors (Lipinski definition) is 7. The smallest absolute Gasteiger partial charge is 0.315 e.